The van der Waals surface area contributed by atoms with Crippen LogP contribution in [0.3, 0.4) is 0 Å². The van der Waals surface area contributed by atoms with Gasteiger partial charge in [-0.25, -0.2) is 9.59 Å². The van der Waals surface area contributed by atoms with Crippen molar-refractivity contribution in [1.82, 2.24) is 19.9 Å². The Kier molecular flexibility index (Phi) is 6.14. The summed E-state index contributed by atoms with van der Waals surface area (Å²) in [5.74, 6) is 0.329. The summed E-state index contributed by atoms with van der Waals surface area (Å²) < 4.78 is 10.6. The number of carbonyl (C=O) groups is 2. The summed E-state index contributed by atoms with van der Waals surface area (Å²) in [6.07, 6.45) is 8.98. The topological polar surface area (TPSA) is 91.2 Å². The number of rotatable bonds is 2. The molecule has 0 unspecified atom stereocenters. The largest absolute Gasteiger partial charge is 0.378 e. The van der Waals surface area contributed by atoms with Crippen LogP contribution in [0.5, 0.6) is 0 Å². The van der Waals surface area contributed by atoms with E-state index in [4.69, 9.17) is 9.26 Å². The Bertz CT molecular complexity index is 797. The van der Waals surface area contributed by atoms with Gasteiger partial charge in [0.2, 0.25) is 5.88 Å². The molecule has 4 amide bonds. The number of morpholine rings is 1. The molecular weight excluding hydrogens is 374 g/mol. The molecule has 156 valence electrons. The third-order valence-corrected chi connectivity index (χ3v) is 5.37. The number of urea groups is 2. The predicted molar refractivity (Wildman–Crippen MR) is 107 cm³/mol. The standard InChI is InChI=1S/C20H27N5O4/c26-19(21-18-15-17(22-29-18)16-5-2-1-3-6-16)23-7-4-8-24(10-9-23)20(27)25-11-13-28-14-12-25/h2,5-6,15H,1,3-4,7-14H2,(H,21,26). The smallest absolute Gasteiger partial charge is 0.324 e. The average molecular weight is 401 g/mol. The quantitative estimate of drug-likeness (QED) is 0.822. The van der Waals surface area contributed by atoms with Crippen LogP contribution in [0.2, 0.25) is 0 Å². The zero-order valence-electron chi connectivity index (χ0n) is 16.5. The SMILES string of the molecule is O=C(Nc1cc(C2=CCCC=C2)no1)N1CCCN(C(=O)N2CCOCC2)CC1. The second-order valence-corrected chi connectivity index (χ2v) is 7.36. The zero-order valence-corrected chi connectivity index (χ0v) is 16.5. The maximum Gasteiger partial charge on any atom is 0.324 e. The summed E-state index contributed by atoms with van der Waals surface area (Å²) in [5.41, 5.74) is 1.72. The van der Waals surface area contributed by atoms with E-state index in [1.54, 1.807) is 11.0 Å². The molecule has 0 spiro atoms. The van der Waals surface area contributed by atoms with Gasteiger partial charge in [0.05, 0.1) is 13.2 Å². The lowest BCUT2D eigenvalue weighted by Gasteiger charge is -2.32. The van der Waals surface area contributed by atoms with Crippen LogP contribution in [0.1, 0.15) is 25.0 Å². The first-order chi connectivity index (χ1) is 14.2. The van der Waals surface area contributed by atoms with Crippen molar-refractivity contribution >= 4 is 23.5 Å². The lowest BCUT2D eigenvalue weighted by atomic mass is 10.0. The first kappa shape index (κ1) is 19.5. The summed E-state index contributed by atoms with van der Waals surface area (Å²) in [6, 6.07) is 1.54. The van der Waals surface area contributed by atoms with E-state index in [9.17, 15) is 9.59 Å². The fraction of sp³-hybridized carbons (Fsp3) is 0.550. The Morgan fingerprint density at radius 3 is 2.52 bits per heavy atom. The van der Waals surface area contributed by atoms with Gasteiger partial charge < -0.3 is 24.0 Å². The van der Waals surface area contributed by atoms with E-state index in [-0.39, 0.29) is 12.1 Å². The van der Waals surface area contributed by atoms with Crippen LogP contribution in [0, 0.1) is 0 Å². The second kappa shape index (κ2) is 9.13. The Morgan fingerprint density at radius 2 is 1.72 bits per heavy atom. The molecule has 0 saturated carbocycles. The number of carbonyl (C=O) groups excluding carboxylic acids is 2. The molecule has 4 rings (SSSR count). The maximum absolute atomic E-state index is 12.7. The summed E-state index contributed by atoms with van der Waals surface area (Å²) in [5, 5.41) is 6.83. The van der Waals surface area contributed by atoms with Crippen molar-refractivity contribution < 1.29 is 18.8 Å². The lowest BCUT2D eigenvalue weighted by molar-refractivity contribution is 0.0437. The van der Waals surface area contributed by atoms with Crippen molar-refractivity contribution in [2.24, 2.45) is 0 Å². The number of hydrogen-bond donors (Lipinski definition) is 1. The molecular formula is C20H27N5O4. The first-order valence-corrected chi connectivity index (χ1v) is 10.2. The number of ether oxygens (including phenoxy) is 1. The maximum atomic E-state index is 12.7. The lowest BCUT2D eigenvalue weighted by Crippen LogP contribution is -2.49. The van der Waals surface area contributed by atoms with Crippen LogP contribution >= 0.6 is 0 Å². The highest BCUT2D eigenvalue weighted by molar-refractivity contribution is 5.88. The second-order valence-electron chi connectivity index (χ2n) is 7.36. The molecule has 3 aliphatic rings. The number of anilines is 1. The number of aromatic nitrogens is 1. The molecule has 1 N–H and O–H groups in total. The third kappa shape index (κ3) is 4.79. The van der Waals surface area contributed by atoms with Gasteiger partial charge in [0.1, 0.15) is 5.69 Å². The molecule has 29 heavy (non-hydrogen) atoms. The van der Waals surface area contributed by atoms with E-state index in [0.29, 0.717) is 58.4 Å². The minimum absolute atomic E-state index is 0.0317. The van der Waals surface area contributed by atoms with Gasteiger partial charge in [-0.2, -0.15) is 0 Å². The summed E-state index contributed by atoms with van der Waals surface area (Å²) in [7, 11) is 0. The normalized spacial score (nSPS) is 20.3. The molecule has 3 heterocycles. The Balaban J connectivity index is 1.30. The molecule has 1 aliphatic carbocycles. The van der Waals surface area contributed by atoms with E-state index >= 15 is 0 Å². The highest BCUT2D eigenvalue weighted by Gasteiger charge is 2.26. The monoisotopic (exact) mass is 401 g/mol. The minimum Gasteiger partial charge on any atom is -0.378 e. The Hall–Kier alpha value is -2.81. The fourth-order valence-electron chi connectivity index (χ4n) is 3.72. The van der Waals surface area contributed by atoms with Crippen LogP contribution < -0.4 is 5.32 Å². The number of hydrogen-bond acceptors (Lipinski definition) is 5. The van der Waals surface area contributed by atoms with E-state index in [0.717, 1.165) is 30.5 Å². The van der Waals surface area contributed by atoms with Crippen molar-refractivity contribution in [3.8, 4) is 0 Å². The van der Waals surface area contributed by atoms with Gasteiger partial charge in [0, 0.05) is 45.3 Å². The van der Waals surface area contributed by atoms with Crippen molar-refractivity contribution in [2.45, 2.75) is 19.3 Å². The Morgan fingerprint density at radius 1 is 0.966 bits per heavy atom. The molecule has 9 nitrogen and oxygen atoms in total. The number of nitrogens with zero attached hydrogens (tertiary/aromatic N) is 4. The minimum atomic E-state index is -0.235. The van der Waals surface area contributed by atoms with Crippen LogP contribution in [0.15, 0.2) is 28.8 Å². The van der Waals surface area contributed by atoms with Gasteiger partial charge in [-0.05, 0) is 24.8 Å². The molecule has 0 bridgehead atoms. The summed E-state index contributed by atoms with van der Waals surface area (Å²) in [4.78, 5) is 30.7. The average Bonchev–Trinajstić information content (AvgIpc) is 3.09. The Labute approximate surface area is 169 Å². The highest BCUT2D eigenvalue weighted by atomic mass is 16.5. The summed E-state index contributed by atoms with van der Waals surface area (Å²) >= 11 is 0. The molecule has 2 aliphatic heterocycles. The van der Waals surface area contributed by atoms with Gasteiger partial charge in [-0.1, -0.05) is 23.4 Å². The van der Waals surface area contributed by atoms with E-state index in [2.05, 4.69) is 22.6 Å². The van der Waals surface area contributed by atoms with Crippen molar-refractivity contribution in [3.63, 3.8) is 0 Å². The molecule has 0 atom stereocenters. The van der Waals surface area contributed by atoms with Crippen LogP contribution in [0.25, 0.3) is 5.57 Å². The molecule has 2 saturated heterocycles. The molecule has 0 aromatic carbocycles. The zero-order chi connectivity index (χ0) is 20.1. The fourth-order valence-corrected chi connectivity index (χ4v) is 3.72. The first-order valence-electron chi connectivity index (χ1n) is 10.2. The van der Waals surface area contributed by atoms with E-state index in [1.165, 1.54) is 0 Å². The van der Waals surface area contributed by atoms with Crippen LogP contribution in [0.4, 0.5) is 15.5 Å². The van der Waals surface area contributed by atoms with Crippen LogP contribution in [-0.2, 0) is 4.74 Å². The number of allylic oxidation sites excluding steroid dienone is 4. The number of amides is 4. The molecule has 1 aromatic heterocycles. The van der Waals surface area contributed by atoms with E-state index in [1.807, 2.05) is 15.9 Å². The predicted octanol–water partition coefficient (Wildman–Crippen LogP) is 2.40. The third-order valence-electron chi connectivity index (χ3n) is 5.37. The van der Waals surface area contributed by atoms with Gasteiger partial charge in [-0.15, -0.1) is 0 Å². The van der Waals surface area contributed by atoms with Crippen molar-refractivity contribution in [1.29, 1.82) is 0 Å². The highest BCUT2D eigenvalue weighted by Crippen LogP contribution is 2.23. The molecule has 0 radical (unpaired) electrons. The van der Waals surface area contributed by atoms with Crippen LogP contribution in [-0.4, -0.2) is 84.4 Å². The van der Waals surface area contributed by atoms with Gasteiger partial charge in [0.25, 0.3) is 0 Å². The van der Waals surface area contributed by atoms with Gasteiger partial charge in [-0.3, -0.25) is 5.32 Å². The van der Waals surface area contributed by atoms with Gasteiger partial charge in [0.15, 0.2) is 0 Å². The van der Waals surface area contributed by atoms with Crippen molar-refractivity contribution in [2.75, 3.05) is 57.8 Å². The number of nitrogens with one attached hydrogen (secondary N) is 1. The van der Waals surface area contributed by atoms with Gasteiger partial charge >= 0.3 is 12.1 Å². The molecule has 1 aromatic rings. The molecule has 9 heteroatoms. The summed E-state index contributed by atoms with van der Waals surface area (Å²) in [6.45, 7) is 4.65. The molecule has 2 fully saturated rings. The van der Waals surface area contributed by atoms with E-state index < -0.39 is 0 Å². The van der Waals surface area contributed by atoms with Crippen molar-refractivity contribution in [3.05, 3.63) is 30.0 Å².